The first-order valence-corrected chi connectivity index (χ1v) is 8.07. The molecule has 0 radical (unpaired) electrons. The van der Waals surface area contributed by atoms with Crippen LogP contribution in [0.1, 0.15) is 25.5 Å². The molecule has 1 N–H and O–H groups in total. The van der Waals surface area contributed by atoms with Crippen molar-refractivity contribution in [2.45, 2.75) is 26.0 Å². The fourth-order valence-electron chi connectivity index (χ4n) is 2.50. The van der Waals surface area contributed by atoms with Gasteiger partial charge in [0.05, 0.1) is 23.3 Å². The second-order valence-corrected chi connectivity index (χ2v) is 7.24. The first-order valence-electron chi connectivity index (χ1n) is 6.25. The normalized spacial score (nSPS) is 24.2. The number of halogens is 1. The number of para-hydroxylation sites is 1. The van der Waals surface area contributed by atoms with Crippen molar-refractivity contribution in [1.82, 2.24) is 0 Å². The molecule has 0 saturated carbocycles. The van der Waals surface area contributed by atoms with Crippen molar-refractivity contribution in [3.8, 4) is 0 Å². The Kier molecular flexibility index (Phi) is 3.82. The van der Waals surface area contributed by atoms with Gasteiger partial charge >= 0.3 is 0 Å². The third-order valence-electron chi connectivity index (χ3n) is 3.43. The zero-order chi connectivity index (χ0) is 14.2. The largest absolute Gasteiger partial charge is 0.389 e. The van der Waals surface area contributed by atoms with Crippen LogP contribution in [0, 0.1) is 5.82 Å². The molecule has 6 heteroatoms. The molecule has 2 atom stereocenters. The summed E-state index contributed by atoms with van der Waals surface area (Å²) in [4.78, 5) is 1.73. The van der Waals surface area contributed by atoms with Gasteiger partial charge in [0, 0.05) is 18.2 Å². The molecule has 1 aliphatic rings. The fraction of sp³-hybridized carbons (Fsp3) is 0.538. The van der Waals surface area contributed by atoms with Gasteiger partial charge in [-0.1, -0.05) is 12.1 Å². The van der Waals surface area contributed by atoms with Crippen LogP contribution in [0.3, 0.4) is 0 Å². The first kappa shape index (κ1) is 14.3. The smallest absolute Gasteiger partial charge is 0.154 e. The molecule has 1 unspecified atom stereocenters. The summed E-state index contributed by atoms with van der Waals surface area (Å²) in [6.07, 6.45) is -0.795. The molecular formula is C13H18FNO3S. The summed E-state index contributed by atoms with van der Waals surface area (Å²) in [7, 11) is -3.05. The number of aliphatic hydroxyl groups excluding tert-OH is 1. The number of rotatable bonds is 2. The molecule has 1 aromatic carbocycles. The van der Waals surface area contributed by atoms with E-state index < -0.39 is 21.8 Å². The van der Waals surface area contributed by atoms with Crippen molar-refractivity contribution in [3.05, 3.63) is 29.6 Å². The molecule has 106 valence electrons. The van der Waals surface area contributed by atoms with Gasteiger partial charge in [-0.3, -0.25) is 0 Å². The van der Waals surface area contributed by atoms with Crippen molar-refractivity contribution in [3.63, 3.8) is 0 Å². The minimum atomic E-state index is -3.05. The number of hydrogen-bond donors (Lipinski definition) is 1. The topological polar surface area (TPSA) is 57.6 Å². The first-order chi connectivity index (χ1) is 8.82. The highest BCUT2D eigenvalue weighted by Gasteiger charge is 2.31. The summed E-state index contributed by atoms with van der Waals surface area (Å²) < 4.78 is 37.2. The van der Waals surface area contributed by atoms with Crippen molar-refractivity contribution < 1.29 is 17.9 Å². The maximum Gasteiger partial charge on any atom is 0.154 e. The van der Waals surface area contributed by atoms with Crippen molar-refractivity contribution in [2.75, 3.05) is 23.0 Å². The molecule has 19 heavy (non-hydrogen) atoms. The Hall–Kier alpha value is -1.14. The van der Waals surface area contributed by atoms with Crippen molar-refractivity contribution >= 4 is 15.5 Å². The summed E-state index contributed by atoms with van der Waals surface area (Å²) in [5.74, 6) is -0.393. The Bertz CT molecular complexity index is 571. The molecule has 0 aliphatic carbocycles. The predicted molar refractivity (Wildman–Crippen MR) is 72.5 cm³/mol. The van der Waals surface area contributed by atoms with Gasteiger partial charge in [-0.2, -0.15) is 0 Å². The van der Waals surface area contributed by atoms with Crippen LogP contribution in [0.4, 0.5) is 10.1 Å². The lowest BCUT2D eigenvalue weighted by Gasteiger charge is -2.36. The van der Waals surface area contributed by atoms with E-state index >= 15 is 0 Å². The van der Waals surface area contributed by atoms with E-state index in [1.807, 2.05) is 0 Å². The van der Waals surface area contributed by atoms with Gasteiger partial charge in [-0.05, 0) is 19.9 Å². The maximum absolute atomic E-state index is 14.1. The molecule has 1 fully saturated rings. The van der Waals surface area contributed by atoms with Crippen LogP contribution >= 0.6 is 0 Å². The number of hydrogen-bond acceptors (Lipinski definition) is 4. The lowest BCUT2D eigenvalue weighted by molar-refractivity contribution is 0.199. The molecule has 0 bridgehead atoms. The molecule has 1 aromatic rings. The number of nitrogens with zero attached hydrogens (tertiary/aromatic N) is 1. The summed E-state index contributed by atoms with van der Waals surface area (Å²) in [6, 6.07) is 4.25. The van der Waals surface area contributed by atoms with Gasteiger partial charge in [-0.15, -0.1) is 0 Å². The summed E-state index contributed by atoms with van der Waals surface area (Å²) in [5.41, 5.74) is 0.811. The van der Waals surface area contributed by atoms with Crippen molar-refractivity contribution in [1.29, 1.82) is 0 Å². The third kappa shape index (κ3) is 2.90. The summed E-state index contributed by atoms with van der Waals surface area (Å²) >= 11 is 0. The summed E-state index contributed by atoms with van der Waals surface area (Å²) in [5, 5.41) is 9.74. The van der Waals surface area contributed by atoms with Crippen LogP contribution in [0.5, 0.6) is 0 Å². The molecule has 2 rings (SSSR count). The summed E-state index contributed by atoms with van der Waals surface area (Å²) in [6.45, 7) is 3.59. The van der Waals surface area contributed by atoms with Crippen LogP contribution in [0.25, 0.3) is 0 Å². The van der Waals surface area contributed by atoms with Crippen molar-refractivity contribution in [2.24, 2.45) is 0 Å². The number of sulfone groups is 1. The van der Waals surface area contributed by atoms with E-state index in [9.17, 15) is 17.9 Å². The molecule has 1 heterocycles. The van der Waals surface area contributed by atoms with E-state index in [1.54, 1.807) is 30.9 Å². The lowest BCUT2D eigenvalue weighted by atomic mass is 10.1. The van der Waals surface area contributed by atoms with Gasteiger partial charge in [0.2, 0.25) is 0 Å². The van der Waals surface area contributed by atoms with Gasteiger partial charge < -0.3 is 10.0 Å². The van der Waals surface area contributed by atoms with Crippen LogP contribution in [0.15, 0.2) is 18.2 Å². The molecule has 0 aromatic heterocycles. The maximum atomic E-state index is 14.1. The Labute approximate surface area is 112 Å². The van der Waals surface area contributed by atoms with Gasteiger partial charge in [-0.25, -0.2) is 12.8 Å². The number of anilines is 1. The van der Waals surface area contributed by atoms with Crippen LogP contribution in [0.2, 0.25) is 0 Å². The second kappa shape index (κ2) is 5.09. The van der Waals surface area contributed by atoms with Gasteiger partial charge in [0.25, 0.3) is 0 Å². The van der Waals surface area contributed by atoms with Crippen LogP contribution in [-0.2, 0) is 9.84 Å². The van der Waals surface area contributed by atoms with Crippen LogP contribution in [-0.4, -0.2) is 37.6 Å². The number of benzene rings is 1. The molecule has 0 spiro atoms. The number of aliphatic hydroxyl groups is 1. The molecular weight excluding hydrogens is 269 g/mol. The quantitative estimate of drug-likeness (QED) is 0.895. The molecule has 0 amide bonds. The average molecular weight is 287 g/mol. The highest BCUT2D eigenvalue weighted by Crippen LogP contribution is 2.32. The predicted octanol–water partition coefficient (Wildman–Crippen LogP) is 1.50. The second-order valence-electron chi connectivity index (χ2n) is 5.01. The Morgan fingerprint density at radius 1 is 1.47 bits per heavy atom. The Morgan fingerprint density at radius 2 is 2.16 bits per heavy atom. The fourth-order valence-corrected chi connectivity index (χ4v) is 4.06. The monoisotopic (exact) mass is 287 g/mol. The zero-order valence-corrected chi connectivity index (χ0v) is 11.8. The molecule has 4 nitrogen and oxygen atoms in total. The third-order valence-corrected chi connectivity index (χ3v) is 5.22. The van der Waals surface area contributed by atoms with Crippen LogP contribution < -0.4 is 4.90 Å². The van der Waals surface area contributed by atoms with E-state index in [0.29, 0.717) is 11.3 Å². The zero-order valence-electron chi connectivity index (χ0n) is 11.0. The van der Waals surface area contributed by atoms with E-state index in [4.69, 9.17) is 0 Å². The minimum absolute atomic E-state index is 0.0145. The van der Waals surface area contributed by atoms with E-state index in [2.05, 4.69) is 0 Å². The van der Waals surface area contributed by atoms with E-state index in [1.165, 1.54) is 6.07 Å². The molecule has 1 aliphatic heterocycles. The molecule has 1 saturated heterocycles. The lowest BCUT2D eigenvalue weighted by Crippen LogP contribution is -2.47. The van der Waals surface area contributed by atoms with Gasteiger partial charge in [0.15, 0.2) is 9.84 Å². The average Bonchev–Trinajstić information content (AvgIpc) is 2.28. The van der Waals surface area contributed by atoms with Gasteiger partial charge in [0.1, 0.15) is 5.82 Å². The van der Waals surface area contributed by atoms with E-state index in [0.717, 1.165) is 0 Å². The Balaban J connectivity index is 2.42. The standard InChI is InChI=1S/C13H18FNO3S/c1-9-8-19(17,18)7-6-15(9)13-11(10(2)16)4-3-5-12(13)14/h3-5,9-10,16H,6-8H2,1-2H3/t9?,10-/m0/s1. The Morgan fingerprint density at radius 3 is 2.74 bits per heavy atom. The van der Waals surface area contributed by atoms with E-state index in [-0.39, 0.29) is 24.1 Å². The highest BCUT2D eigenvalue weighted by atomic mass is 32.2. The SMILES string of the molecule is CC1CS(=O)(=O)CCN1c1c(F)cccc1[C@H](C)O. The highest BCUT2D eigenvalue weighted by molar-refractivity contribution is 7.91. The minimum Gasteiger partial charge on any atom is -0.389 e.